The summed E-state index contributed by atoms with van der Waals surface area (Å²) in [5.74, 6) is 0.632. The monoisotopic (exact) mass is 214 g/mol. The van der Waals surface area contributed by atoms with Crippen LogP contribution in [-0.2, 0) is 6.54 Å². The number of hydrogen-bond acceptors (Lipinski definition) is 3. The summed E-state index contributed by atoms with van der Waals surface area (Å²) in [5, 5.41) is 7.97. The van der Waals surface area contributed by atoms with Crippen LogP contribution >= 0.6 is 0 Å². The number of rotatable bonds is 3. The van der Waals surface area contributed by atoms with E-state index in [1.54, 1.807) is 4.52 Å². The molecule has 16 heavy (non-hydrogen) atoms. The molecule has 1 fully saturated rings. The molecule has 0 radical (unpaired) electrons. The Morgan fingerprint density at radius 2 is 2.38 bits per heavy atom. The zero-order chi connectivity index (χ0) is 11.0. The van der Waals surface area contributed by atoms with Gasteiger partial charge >= 0.3 is 0 Å². The van der Waals surface area contributed by atoms with Crippen molar-refractivity contribution in [2.45, 2.75) is 25.3 Å². The lowest BCUT2D eigenvalue weighted by molar-refractivity contribution is 0.853. The second kappa shape index (κ2) is 3.50. The smallest absolute Gasteiger partial charge is 0.153 e. The van der Waals surface area contributed by atoms with Crippen LogP contribution in [0.15, 0.2) is 23.4 Å². The predicted octanol–water partition coefficient (Wildman–Crippen LogP) is 2.42. The van der Waals surface area contributed by atoms with E-state index in [0.717, 1.165) is 17.0 Å². The standard InChI is InChI=1S/C10H10N6/c11-15-12-5-8-6-16-10(13-8)4-3-9(14-16)7-1-2-7/h3-4,6-7H,1-2,5H2. The van der Waals surface area contributed by atoms with Gasteiger partial charge in [-0.1, -0.05) is 5.11 Å². The largest absolute Gasteiger partial charge is 0.232 e. The van der Waals surface area contributed by atoms with E-state index < -0.39 is 0 Å². The Balaban J connectivity index is 1.99. The van der Waals surface area contributed by atoms with Gasteiger partial charge in [0.1, 0.15) is 0 Å². The molecule has 0 atom stereocenters. The third kappa shape index (κ3) is 1.59. The summed E-state index contributed by atoms with van der Waals surface area (Å²) in [6.45, 7) is 0.276. The summed E-state index contributed by atoms with van der Waals surface area (Å²) in [6, 6.07) is 3.98. The Bertz CT molecular complexity index is 576. The SMILES string of the molecule is [N-]=[N+]=NCc1cn2nc(C3CC3)ccc2n1. The Morgan fingerprint density at radius 1 is 1.50 bits per heavy atom. The fourth-order valence-electron chi connectivity index (χ4n) is 1.72. The van der Waals surface area contributed by atoms with Gasteiger partial charge in [0.25, 0.3) is 0 Å². The van der Waals surface area contributed by atoms with Crippen LogP contribution in [0.25, 0.3) is 16.1 Å². The summed E-state index contributed by atoms with van der Waals surface area (Å²) >= 11 is 0. The molecule has 6 nitrogen and oxygen atoms in total. The van der Waals surface area contributed by atoms with E-state index in [1.807, 2.05) is 18.3 Å². The lowest BCUT2D eigenvalue weighted by Crippen LogP contribution is -1.94. The molecule has 2 aromatic heterocycles. The first-order valence-corrected chi connectivity index (χ1v) is 5.23. The fraction of sp³-hybridized carbons (Fsp3) is 0.400. The first-order chi connectivity index (χ1) is 7.86. The third-order valence-electron chi connectivity index (χ3n) is 2.68. The number of imidazole rings is 1. The van der Waals surface area contributed by atoms with Crippen molar-refractivity contribution < 1.29 is 0 Å². The zero-order valence-corrected chi connectivity index (χ0v) is 8.61. The minimum atomic E-state index is 0.276. The van der Waals surface area contributed by atoms with E-state index in [2.05, 4.69) is 20.1 Å². The number of aromatic nitrogens is 3. The summed E-state index contributed by atoms with van der Waals surface area (Å²) in [4.78, 5) is 7.02. The molecule has 80 valence electrons. The van der Waals surface area contributed by atoms with Gasteiger partial charge in [0, 0.05) is 10.8 Å². The Morgan fingerprint density at radius 3 is 3.12 bits per heavy atom. The summed E-state index contributed by atoms with van der Waals surface area (Å²) in [7, 11) is 0. The minimum Gasteiger partial charge on any atom is -0.232 e. The van der Waals surface area contributed by atoms with Gasteiger partial charge in [0.15, 0.2) is 5.65 Å². The van der Waals surface area contributed by atoms with Crippen LogP contribution in [0.5, 0.6) is 0 Å². The van der Waals surface area contributed by atoms with Gasteiger partial charge in [0.2, 0.25) is 0 Å². The molecule has 0 aromatic carbocycles. The van der Waals surface area contributed by atoms with Crippen molar-refractivity contribution in [1.29, 1.82) is 0 Å². The first-order valence-electron chi connectivity index (χ1n) is 5.23. The van der Waals surface area contributed by atoms with E-state index in [1.165, 1.54) is 12.8 Å². The van der Waals surface area contributed by atoms with Crippen LogP contribution in [0.1, 0.15) is 30.1 Å². The minimum absolute atomic E-state index is 0.276. The Kier molecular flexibility index (Phi) is 2.01. The van der Waals surface area contributed by atoms with Gasteiger partial charge in [-0.05, 0) is 30.5 Å². The zero-order valence-electron chi connectivity index (χ0n) is 8.61. The van der Waals surface area contributed by atoms with Crippen LogP contribution in [-0.4, -0.2) is 14.6 Å². The lowest BCUT2D eigenvalue weighted by Gasteiger charge is -1.96. The van der Waals surface area contributed by atoms with Crippen LogP contribution in [0.2, 0.25) is 0 Å². The van der Waals surface area contributed by atoms with Crippen LogP contribution < -0.4 is 0 Å². The van der Waals surface area contributed by atoms with Crippen molar-refractivity contribution in [2.24, 2.45) is 5.11 Å². The highest BCUT2D eigenvalue weighted by Gasteiger charge is 2.25. The number of nitrogens with zero attached hydrogens (tertiary/aromatic N) is 6. The molecule has 1 aliphatic rings. The van der Waals surface area contributed by atoms with Crippen molar-refractivity contribution in [2.75, 3.05) is 0 Å². The number of hydrogen-bond donors (Lipinski definition) is 0. The van der Waals surface area contributed by atoms with Gasteiger partial charge in [-0.15, -0.1) is 0 Å². The van der Waals surface area contributed by atoms with Gasteiger partial charge in [-0.3, -0.25) is 0 Å². The van der Waals surface area contributed by atoms with Crippen LogP contribution in [0, 0.1) is 0 Å². The summed E-state index contributed by atoms with van der Waals surface area (Å²) < 4.78 is 1.76. The second-order valence-corrected chi connectivity index (χ2v) is 3.96. The second-order valence-electron chi connectivity index (χ2n) is 3.96. The molecule has 0 spiro atoms. The molecule has 0 bridgehead atoms. The number of azide groups is 1. The van der Waals surface area contributed by atoms with E-state index in [4.69, 9.17) is 5.53 Å². The maximum atomic E-state index is 8.24. The maximum absolute atomic E-state index is 8.24. The van der Waals surface area contributed by atoms with Gasteiger partial charge < -0.3 is 0 Å². The normalized spacial score (nSPS) is 15.0. The number of fused-ring (bicyclic) bond motifs is 1. The van der Waals surface area contributed by atoms with Crippen LogP contribution in [0.4, 0.5) is 0 Å². The average Bonchev–Trinajstić information content (AvgIpc) is 3.06. The highest BCUT2D eigenvalue weighted by molar-refractivity contribution is 5.39. The van der Waals surface area contributed by atoms with Crippen molar-refractivity contribution in [1.82, 2.24) is 14.6 Å². The molecule has 0 amide bonds. The van der Waals surface area contributed by atoms with Gasteiger partial charge in [-0.25, -0.2) is 9.50 Å². The van der Waals surface area contributed by atoms with Crippen LogP contribution in [0.3, 0.4) is 0 Å². The molecule has 3 rings (SSSR count). The molecule has 1 aliphatic carbocycles. The molecule has 1 saturated carbocycles. The molecule has 0 N–H and O–H groups in total. The first kappa shape index (κ1) is 9.18. The van der Waals surface area contributed by atoms with Crippen molar-refractivity contribution >= 4 is 5.65 Å². The highest BCUT2D eigenvalue weighted by atomic mass is 15.3. The van der Waals surface area contributed by atoms with E-state index in [0.29, 0.717) is 5.92 Å². The summed E-state index contributed by atoms with van der Waals surface area (Å²) in [5.41, 5.74) is 10.9. The van der Waals surface area contributed by atoms with Crippen molar-refractivity contribution in [3.63, 3.8) is 0 Å². The van der Waals surface area contributed by atoms with Gasteiger partial charge in [-0.2, -0.15) is 5.10 Å². The molecule has 0 aliphatic heterocycles. The molecule has 0 saturated heterocycles. The lowest BCUT2D eigenvalue weighted by atomic mass is 10.3. The van der Waals surface area contributed by atoms with E-state index in [9.17, 15) is 0 Å². The maximum Gasteiger partial charge on any atom is 0.153 e. The molecule has 2 aromatic rings. The molecular weight excluding hydrogens is 204 g/mol. The van der Waals surface area contributed by atoms with Crippen molar-refractivity contribution in [3.8, 4) is 0 Å². The molecule has 2 heterocycles. The third-order valence-corrected chi connectivity index (χ3v) is 2.68. The summed E-state index contributed by atoms with van der Waals surface area (Å²) in [6.07, 6.45) is 4.29. The Labute approximate surface area is 91.5 Å². The quantitative estimate of drug-likeness (QED) is 0.446. The average molecular weight is 214 g/mol. The topological polar surface area (TPSA) is 79.0 Å². The molecule has 6 heteroatoms. The van der Waals surface area contributed by atoms with E-state index in [-0.39, 0.29) is 6.54 Å². The fourth-order valence-corrected chi connectivity index (χ4v) is 1.72. The van der Waals surface area contributed by atoms with Gasteiger partial charge in [0.05, 0.1) is 24.1 Å². The Hall–Kier alpha value is -2.07. The molecule has 0 unspecified atom stereocenters. The predicted molar refractivity (Wildman–Crippen MR) is 57.8 cm³/mol. The van der Waals surface area contributed by atoms with E-state index >= 15 is 0 Å². The highest BCUT2D eigenvalue weighted by Crippen LogP contribution is 2.38. The molecular formula is C10H10N6. The van der Waals surface area contributed by atoms with Crippen molar-refractivity contribution in [3.05, 3.63) is 40.2 Å².